The minimum Gasteiger partial charge on any atom is -0.480 e. The lowest BCUT2D eigenvalue weighted by Crippen LogP contribution is -2.13. The Labute approximate surface area is 85.7 Å². The van der Waals surface area contributed by atoms with E-state index >= 15 is 0 Å². The first kappa shape index (κ1) is 11.3. The van der Waals surface area contributed by atoms with Crippen LogP contribution in [0.5, 0.6) is 0 Å². The van der Waals surface area contributed by atoms with E-state index in [1.165, 1.54) is 23.9 Å². The van der Waals surface area contributed by atoms with Crippen LogP contribution < -0.4 is 0 Å². The van der Waals surface area contributed by atoms with Gasteiger partial charge in [0, 0.05) is 13.3 Å². The number of aromatic nitrogens is 1. The summed E-state index contributed by atoms with van der Waals surface area (Å²) < 4.78 is 6.16. The van der Waals surface area contributed by atoms with Crippen LogP contribution in [-0.4, -0.2) is 33.8 Å². The SMILES string of the molecule is COCc1c(C(=O)O)ccn1CC(=O)O. The molecule has 0 saturated heterocycles. The van der Waals surface area contributed by atoms with Gasteiger partial charge in [0.05, 0.1) is 17.9 Å². The molecule has 82 valence electrons. The van der Waals surface area contributed by atoms with Crippen LogP contribution in [0.1, 0.15) is 16.1 Å². The van der Waals surface area contributed by atoms with E-state index in [0.717, 1.165) is 0 Å². The van der Waals surface area contributed by atoms with Gasteiger partial charge in [0.25, 0.3) is 0 Å². The summed E-state index contributed by atoms with van der Waals surface area (Å²) in [4.78, 5) is 21.3. The normalized spacial score (nSPS) is 10.2. The van der Waals surface area contributed by atoms with Crippen molar-refractivity contribution in [2.45, 2.75) is 13.2 Å². The van der Waals surface area contributed by atoms with Crippen molar-refractivity contribution >= 4 is 11.9 Å². The molecule has 6 heteroatoms. The second-order valence-corrected chi connectivity index (χ2v) is 2.94. The maximum absolute atomic E-state index is 10.8. The molecule has 1 aromatic heterocycles. The first-order chi connectivity index (χ1) is 7.06. The van der Waals surface area contributed by atoms with Crippen molar-refractivity contribution in [1.82, 2.24) is 4.57 Å². The third-order valence-electron chi connectivity index (χ3n) is 1.90. The molecule has 0 radical (unpaired) electrons. The topological polar surface area (TPSA) is 88.8 Å². The van der Waals surface area contributed by atoms with Crippen molar-refractivity contribution in [3.05, 3.63) is 23.5 Å². The highest BCUT2D eigenvalue weighted by Crippen LogP contribution is 2.12. The molecule has 1 aromatic rings. The molecule has 0 spiro atoms. The predicted octanol–water partition coefficient (Wildman–Crippen LogP) is 0.417. The van der Waals surface area contributed by atoms with E-state index in [-0.39, 0.29) is 18.7 Å². The van der Waals surface area contributed by atoms with Crippen LogP contribution >= 0.6 is 0 Å². The van der Waals surface area contributed by atoms with Crippen LogP contribution in [0.15, 0.2) is 12.3 Å². The zero-order valence-corrected chi connectivity index (χ0v) is 8.14. The molecule has 15 heavy (non-hydrogen) atoms. The molecule has 0 aliphatic carbocycles. The molecule has 1 heterocycles. The summed E-state index contributed by atoms with van der Waals surface area (Å²) in [6, 6.07) is 1.36. The average molecular weight is 213 g/mol. The molecular formula is C9H11NO5. The predicted molar refractivity (Wildman–Crippen MR) is 49.7 cm³/mol. The maximum Gasteiger partial charge on any atom is 0.337 e. The van der Waals surface area contributed by atoms with Gasteiger partial charge in [-0.1, -0.05) is 0 Å². The van der Waals surface area contributed by atoms with E-state index in [2.05, 4.69) is 0 Å². The van der Waals surface area contributed by atoms with Crippen LogP contribution in [0.4, 0.5) is 0 Å². The summed E-state index contributed by atoms with van der Waals surface area (Å²) in [5, 5.41) is 17.4. The van der Waals surface area contributed by atoms with Crippen molar-refractivity contribution in [2.24, 2.45) is 0 Å². The van der Waals surface area contributed by atoms with E-state index < -0.39 is 11.9 Å². The molecule has 0 atom stereocenters. The largest absolute Gasteiger partial charge is 0.480 e. The number of nitrogens with zero attached hydrogens (tertiary/aromatic N) is 1. The van der Waals surface area contributed by atoms with Gasteiger partial charge in [-0.25, -0.2) is 4.79 Å². The number of rotatable bonds is 5. The highest BCUT2D eigenvalue weighted by Gasteiger charge is 2.15. The van der Waals surface area contributed by atoms with Crippen molar-refractivity contribution in [2.75, 3.05) is 7.11 Å². The van der Waals surface area contributed by atoms with Crippen molar-refractivity contribution in [1.29, 1.82) is 0 Å². The number of hydrogen-bond acceptors (Lipinski definition) is 3. The minimum atomic E-state index is -1.09. The molecule has 0 unspecified atom stereocenters. The minimum absolute atomic E-state index is 0.0677. The fraction of sp³-hybridized carbons (Fsp3) is 0.333. The smallest absolute Gasteiger partial charge is 0.337 e. The van der Waals surface area contributed by atoms with Gasteiger partial charge in [-0.05, 0) is 6.07 Å². The van der Waals surface area contributed by atoms with Gasteiger partial charge in [-0.15, -0.1) is 0 Å². The molecule has 0 aromatic carbocycles. The number of aliphatic carboxylic acids is 1. The lowest BCUT2D eigenvalue weighted by molar-refractivity contribution is -0.137. The lowest BCUT2D eigenvalue weighted by atomic mass is 10.2. The van der Waals surface area contributed by atoms with E-state index in [4.69, 9.17) is 14.9 Å². The van der Waals surface area contributed by atoms with Crippen LogP contribution in [0.25, 0.3) is 0 Å². The van der Waals surface area contributed by atoms with E-state index in [0.29, 0.717) is 5.69 Å². The van der Waals surface area contributed by atoms with Gasteiger partial charge in [0.1, 0.15) is 6.54 Å². The molecule has 0 amide bonds. The molecule has 0 fully saturated rings. The number of carboxylic acid groups (broad SMARTS) is 2. The maximum atomic E-state index is 10.8. The Bertz CT molecular complexity index is 382. The summed E-state index contributed by atoms with van der Waals surface area (Å²) in [5.41, 5.74) is 0.422. The number of aromatic carboxylic acids is 1. The Hall–Kier alpha value is -1.82. The summed E-state index contributed by atoms with van der Waals surface area (Å²) in [5.74, 6) is -2.12. The molecular weight excluding hydrogens is 202 g/mol. The third kappa shape index (κ3) is 2.57. The van der Waals surface area contributed by atoms with Crippen molar-refractivity contribution < 1.29 is 24.5 Å². The highest BCUT2D eigenvalue weighted by atomic mass is 16.5. The first-order valence-electron chi connectivity index (χ1n) is 4.18. The fourth-order valence-corrected chi connectivity index (χ4v) is 1.29. The second-order valence-electron chi connectivity index (χ2n) is 2.94. The van der Waals surface area contributed by atoms with E-state index in [1.54, 1.807) is 0 Å². The van der Waals surface area contributed by atoms with Gasteiger partial charge in [-0.2, -0.15) is 0 Å². The van der Waals surface area contributed by atoms with Crippen LogP contribution in [-0.2, 0) is 22.7 Å². The van der Waals surface area contributed by atoms with Gasteiger partial charge < -0.3 is 19.5 Å². The molecule has 2 N–H and O–H groups in total. The summed E-state index contributed by atoms with van der Waals surface area (Å²) >= 11 is 0. The van der Waals surface area contributed by atoms with Crippen LogP contribution in [0, 0.1) is 0 Å². The number of carbonyl (C=O) groups is 2. The molecule has 0 bridgehead atoms. The van der Waals surface area contributed by atoms with Crippen LogP contribution in [0.3, 0.4) is 0 Å². The van der Waals surface area contributed by atoms with Gasteiger partial charge in [0.15, 0.2) is 0 Å². The molecule has 0 saturated carbocycles. The molecule has 0 aliphatic heterocycles. The number of hydrogen-bond donors (Lipinski definition) is 2. The van der Waals surface area contributed by atoms with E-state index in [9.17, 15) is 9.59 Å². The first-order valence-corrected chi connectivity index (χ1v) is 4.18. The number of methoxy groups -OCH3 is 1. The molecule has 0 aliphatic rings. The van der Waals surface area contributed by atoms with Gasteiger partial charge in [-0.3, -0.25) is 4.79 Å². The van der Waals surface area contributed by atoms with E-state index in [1.807, 2.05) is 0 Å². The van der Waals surface area contributed by atoms with Crippen molar-refractivity contribution in [3.63, 3.8) is 0 Å². The Morgan fingerprint density at radius 3 is 2.60 bits per heavy atom. The summed E-state index contributed by atoms with van der Waals surface area (Å²) in [6.45, 7) is -0.201. The molecule has 1 rings (SSSR count). The average Bonchev–Trinajstić information content (AvgIpc) is 2.48. The third-order valence-corrected chi connectivity index (χ3v) is 1.90. The van der Waals surface area contributed by atoms with Gasteiger partial charge >= 0.3 is 11.9 Å². The monoisotopic (exact) mass is 213 g/mol. The second kappa shape index (κ2) is 4.61. The fourth-order valence-electron chi connectivity index (χ4n) is 1.29. The summed E-state index contributed by atoms with van der Waals surface area (Å²) in [6.07, 6.45) is 1.42. The van der Waals surface area contributed by atoms with Gasteiger partial charge in [0.2, 0.25) is 0 Å². The Morgan fingerprint density at radius 1 is 1.47 bits per heavy atom. The zero-order valence-electron chi connectivity index (χ0n) is 8.14. The summed E-state index contributed by atoms with van der Waals surface area (Å²) in [7, 11) is 1.42. The van der Waals surface area contributed by atoms with Crippen LogP contribution in [0.2, 0.25) is 0 Å². The highest BCUT2D eigenvalue weighted by molar-refractivity contribution is 5.89. The Balaban J connectivity index is 3.05. The molecule has 6 nitrogen and oxygen atoms in total. The van der Waals surface area contributed by atoms with Crippen molar-refractivity contribution in [3.8, 4) is 0 Å². The Kier molecular flexibility index (Phi) is 3.46. The number of carboxylic acids is 2. The zero-order chi connectivity index (χ0) is 11.4. The lowest BCUT2D eigenvalue weighted by Gasteiger charge is -2.06. The Morgan fingerprint density at radius 2 is 2.13 bits per heavy atom. The quantitative estimate of drug-likeness (QED) is 0.739. The standard InChI is InChI=1S/C9H11NO5/c1-15-5-7-6(9(13)14)2-3-10(7)4-8(11)12/h2-3H,4-5H2,1H3,(H,11,12)(H,13,14). The number of ether oxygens (including phenoxy) is 1.